The molecule has 0 bridgehead atoms. The zero-order chi connectivity index (χ0) is 22.1. The molecule has 0 heterocycles. The zero-order valence-corrected chi connectivity index (χ0v) is 19.0. The van der Waals surface area contributed by atoms with Crippen molar-refractivity contribution in [2.24, 2.45) is 0 Å². The van der Waals surface area contributed by atoms with Gasteiger partial charge >= 0.3 is 0 Å². The van der Waals surface area contributed by atoms with Crippen LogP contribution in [0.3, 0.4) is 0 Å². The van der Waals surface area contributed by atoms with Gasteiger partial charge in [0.1, 0.15) is 11.8 Å². The third-order valence-electron chi connectivity index (χ3n) is 5.03. The van der Waals surface area contributed by atoms with Gasteiger partial charge in [-0.25, -0.2) is 0 Å². The molecule has 6 heteroatoms. The molecule has 1 atom stereocenters. The van der Waals surface area contributed by atoms with Crippen molar-refractivity contribution in [3.8, 4) is 5.75 Å². The molecule has 0 spiro atoms. The monoisotopic (exact) mass is 430 g/mol. The van der Waals surface area contributed by atoms with Gasteiger partial charge in [-0.05, 0) is 61.6 Å². The van der Waals surface area contributed by atoms with Crippen LogP contribution in [0.25, 0.3) is 0 Å². The quantitative estimate of drug-likeness (QED) is 0.595. The molecule has 2 rings (SSSR count). The van der Waals surface area contributed by atoms with E-state index >= 15 is 0 Å². The number of amides is 2. The summed E-state index contributed by atoms with van der Waals surface area (Å²) in [6.07, 6.45) is 1.36. The summed E-state index contributed by atoms with van der Waals surface area (Å²) in [5.41, 5.74) is 2.96. The number of halogens is 1. The second-order valence-corrected chi connectivity index (χ2v) is 7.77. The van der Waals surface area contributed by atoms with E-state index < -0.39 is 6.04 Å². The zero-order valence-electron chi connectivity index (χ0n) is 18.2. The van der Waals surface area contributed by atoms with E-state index in [2.05, 4.69) is 5.32 Å². The maximum Gasteiger partial charge on any atom is 0.261 e. The molecule has 5 nitrogen and oxygen atoms in total. The molecular weight excluding hydrogens is 400 g/mol. The van der Waals surface area contributed by atoms with E-state index in [-0.39, 0.29) is 18.4 Å². The SMILES string of the molecule is CCCNC(=O)[C@@H](CC)N(Cc1ccccc1C)C(=O)COc1ccc(Cl)c(C)c1. The first-order valence-corrected chi connectivity index (χ1v) is 10.8. The Bertz CT molecular complexity index is 869. The van der Waals surface area contributed by atoms with Crippen LogP contribution in [-0.2, 0) is 16.1 Å². The fraction of sp³-hybridized carbons (Fsp3) is 0.417. The van der Waals surface area contributed by atoms with Crippen LogP contribution in [0.15, 0.2) is 42.5 Å². The Morgan fingerprint density at radius 3 is 2.47 bits per heavy atom. The molecule has 0 saturated carbocycles. The fourth-order valence-electron chi connectivity index (χ4n) is 3.19. The van der Waals surface area contributed by atoms with Gasteiger partial charge in [0, 0.05) is 18.1 Å². The van der Waals surface area contributed by atoms with Crippen molar-refractivity contribution in [1.29, 1.82) is 0 Å². The van der Waals surface area contributed by atoms with E-state index in [9.17, 15) is 9.59 Å². The average molecular weight is 431 g/mol. The summed E-state index contributed by atoms with van der Waals surface area (Å²) < 4.78 is 5.73. The van der Waals surface area contributed by atoms with Crippen LogP contribution in [0.2, 0.25) is 5.02 Å². The minimum absolute atomic E-state index is 0.136. The van der Waals surface area contributed by atoms with Crippen LogP contribution in [0.1, 0.15) is 43.4 Å². The number of carbonyl (C=O) groups excluding carboxylic acids is 2. The standard InChI is InChI=1S/C24H31ClN2O3/c1-5-13-26-24(29)22(6-2)27(15-19-10-8-7-9-17(19)3)23(28)16-30-20-11-12-21(25)18(4)14-20/h7-12,14,22H,5-6,13,15-16H2,1-4H3,(H,26,29)/t22-/m1/s1. The number of carbonyl (C=O) groups is 2. The lowest BCUT2D eigenvalue weighted by atomic mass is 10.1. The van der Waals surface area contributed by atoms with Gasteiger partial charge in [-0.15, -0.1) is 0 Å². The number of hydrogen-bond donors (Lipinski definition) is 1. The van der Waals surface area contributed by atoms with Gasteiger partial charge in [-0.3, -0.25) is 9.59 Å². The van der Waals surface area contributed by atoms with Crippen molar-refractivity contribution < 1.29 is 14.3 Å². The molecule has 30 heavy (non-hydrogen) atoms. The number of ether oxygens (including phenoxy) is 1. The highest BCUT2D eigenvalue weighted by atomic mass is 35.5. The molecule has 0 fully saturated rings. The Labute approximate surface area is 184 Å². The fourth-order valence-corrected chi connectivity index (χ4v) is 3.31. The first kappa shape index (κ1) is 23.7. The lowest BCUT2D eigenvalue weighted by Gasteiger charge is -2.31. The van der Waals surface area contributed by atoms with E-state index in [0.717, 1.165) is 23.1 Å². The first-order valence-electron chi connectivity index (χ1n) is 10.4. The summed E-state index contributed by atoms with van der Waals surface area (Å²) in [7, 11) is 0. The van der Waals surface area contributed by atoms with E-state index in [1.54, 1.807) is 23.1 Å². The first-order chi connectivity index (χ1) is 14.4. The molecule has 0 aromatic heterocycles. The molecule has 0 aliphatic carbocycles. The van der Waals surface area contributed by atoms with Gasteiger partial charge in [-0.2, -0.15) is 0 Å². The molecule has 0 aliphatic heterocycles. The topological polar surface area (TPSA) is 58.6 Å². The molecule has 0 aliphatic rings. The largest absolute Gasteiger partial charge is 0.484 e. The highest BCUT2D eigenvalue weighted by Gasteiger charge is 2.29. The summed E-state index contributed by atoms with van der Waals surface area (Å²) in [4.78, 5) is 27.5. The summed E-state index contributed by atoms with van der Waals surface area (Å²) in [5.74, 6) is 0.206. The van der Waals surface area contributed by atoms with Crippen LogP contribution >= 0.6 is 11.6 Å². The predicted molar refractivity (Wildman–Crippen MR) is 121 cm³/mol. The van der Waals surface area contributed by atoms with Crippen molar-refractivity contribution in [1.82, 2.24) is 10.2 Å². The normalized spacial score (nSPS) is 11.6. The smallest absolute Gasteiger partial charge is 0.261 e. The molecule has 162 valence electrons. The molecule has 0 saturated heterocycles. The number of nitrogens with zero attached hydrogens (tertiary/aromatic N) is 1. The second kappa shape index (κ2) is 11.6. The maximum absolute atomic E-state index is 13.2. The van der Waals surface area contributed by atoms with Gasteiger partial charge < -0.3 is 15.0 Å². The number of hydrogen-bond acceptors (Lipinski definition) is 3. The van der Waals surface area contributed by atoms with E-state index in [1.165, 1.54) is 0 Å². The van der Waals surface area contributed by atoms with Gasteiger partial charge in [0.15, 0.2) is 6.61 Å². The second-order valence-electron chi connectivity index (χ2n) is 7.36. The molecule has 0 radical (unpaired) electrons. The van der Waals surface area contributed by atoms with E-state index in [4.69, 9.17) is 16.3 Å². The third-order valence-corrected chi connectivity index (χ3v) is 5.45. The minimum Gasteiger partial charge on any atom is -0.484 e. The van der Waals surface area contributed by atoms with Crippen molar-refractivity contribution in [3.05, 3.63) is 64.2 Å². The van der Waals surface area contributed by atoms with Gasteiger partial charge in [0.05, 0.1) is 0 Å². The van der Waals surface area contributed by atoms with Crippen LogP contribution < -0.4 is 10.1 Å². The minimum atomic E-state index is -0.556. The lowest BCUT2D eigenvalue weighted by molar-refractivity contribution is -0.143. The van der Waals surface area contributed by atoms with Crippen molar-refractivity contribution >= 4 is 23.4 Å². The number of aryl methyl sites for hydroxylation is 2. The number of nitrogens with one attached hydrogen (secondary N) is 1. The predicted octanol–water partition coefficient (Wildman–Crippen LogP) is 4.67. The van der Waals surface area contributed by atoms with Crippen LogP contribution in [-0.4, -0.2) is 35.9 Å². The summed E-state index contributed by atoms with van der Waals surface area (Å²) in [6.45, 7) is 8.59. The molecule has 2 aromatic carbocycles. The summed E-state index contributed by atoms with van der Waals surface area (Å²) >= 11 is 6.06. The molecule has 2 amide bonds. The van der Waals surface area contributed by atoms with Gasteiger partial charge in [0.2, 0.25) is 5.91 Å². The van der Waals surface area contributed by atoms with E-state index in [0.29, 0.717) is 30.3 Å². The Kier molecular flexibility index (Phi) is 9.18. The highest BCUT2D eigenvalue weighted by Crippen LogP contribution is 2.21. The molecule has 2 aromatic rings. The summed E-state index contributed by atoms with van der Waals surface area (Å²) in [6, 6.07) is 12.6. The number of rotatable bonds is 10. The Morgan fingerprint density at radius 1 is 1.10 bits per heavy atom. The van der Waals surface area contributed by atoms with Crippen LogP contribution in [0.5, 0.6) is 5.75 Å². The Morgan fingerprint density at radius 2 is 1.83 bits per heavy atom. The van der Waals surface area contributed by atoms with Crippen LogP contribution in [0, 0.1) is 13.8 Å². The Balaban J connectivity index is 2.21. The van der Waals surface area contributed by atoms with Crippen molar-refractivity contribution in [2.45, 2.75) is 53.1 Å². The number of benzene rings is 2. The Hall–Kier alpha value is -2.53. The third kappa shape index (κ3) is 6.49. The van der Waals surface area contributed by atoms with Gasteiger partial charge in [-0.1, -0.05) is 49.7 Å². The van der Waals surface area contributed by atoms with Crippen molar-refractivity contribution in [3.63, 3.8) is 0 Å². The average Bonchev–Trinajstić information content (AvgIpc) is 2.74. The van der Waals surface area contributed by atoms with Crippen molar-refractivity contribution in [2.75, 3.05) is 13.2 Å². The van der Waals surface area contributed by atoms with Crippen LogP contribution in [0.4, 0.5) is 0 Å². The van der Waals surface area contributed by atoms with Gasteiger partial charge in [0.25, 0.3) is 5.91 Å². The highest BCUT2D eigenvalue weighted by molar-refractivity contribution is 6.31. The lowest BCUT2D eigenvalue weighted by Crippen LogP contribution is -2.50. The summed E-state index contributed by atoms with van der Waals surface area (Å²) in [5, 5.41) is 3.57. The van der Waals surface area contributed by atoms with E-state index in [1.807, 2.05) is 52.0 Å². The molecule has 1 N–H and O–H groups in total. The maximum atomic E-state index is 13.2. The molecule has 0 unspecified atom stereocenters. The molecular formula is C24H31ClN2O3.